The van der Waals surface area contributed by atoms with E-state index in [1.165, 1.54) is 0 Å². The molecule has 0 fully saturated rings. The Bertz CT molecular complexity index is 483. The zero-order chi connectivity index (χ0) is 16.4. The highest BCUT2D eigenvalue weighted by molar-refractivity contribution is 7.90. The quantitative estimate of drug-likeness (QED) is 0.457. The standard InChI is InChI=1S/C9H12F5NO4S/c1-4-6(16)19-5-7(2,3)15-20(17,18)9(13,14)8(10,11)12/h4,15H,1,5H2,2-3H3. The van der Waals surface area contributed by atoms with Gasteiger partial charge in [0.15, 0.2) is 0 Å². The predicted octanol–water partition coefficient (Wildman–Crippen LogP) is 1.57. The van der Waals surface area contributed by atoms with Crippen LogP contribution in [0.3, 0.4) is 0 Å². The first kappa shape index (κ1) is 18.8. The van der Waals surface area contributed by atoms with E-state index in [0.29, 0.717) is 0 Å². The van der Waals surface area contributed by atoms with E-state index in [0.717, 1.165) is 24.6 Å². The molecule has 0 bridgehead atoms. The fourth-order valence-corrected chi connectivity index (χ4v) is 2.14. The number of halogens is 5. The fourth-order valence-electron chi connectivity index (χ4n) is 0.920. The number of hydrogen-bond acceptors (Lipinski definition) is 4. The molecular formula is C9H12F5NO4S. The monoisotopic (exact) mass is 325 g/mol. The van der Waals surface area contributed by atoms with Gasteiger partial charge in [0.25, 0.3) is 10.0 Å². The van der Waals surface area contributed by atoms with Gasteiger partial charge in [0.05, 0.1) is 5.54 Å². The Morgan fingerprint density at radius 1 is 1.25 bits per heavy atom. The van der Waals surface area contributed by atoms with E-state index in [9.17, 15) is 35.2 Å². The zero-order valence-electron chi connectivity index (χ0n) is 10.4. The Labute approximate surface area is 111 Å². The van der Waals surface area contributed by atoms with E-state index in [1.807, 2.05) is 0 Å². The van der Waals surface area contributed by atoms with Crippen molar-refractivity contribution < 1.29 is 39.9 Å². The lowest BCUT2D eigenvalue weighted by Crippen LogP contribution is -2.57. The van der Waals surface area contributed by atoms with Gasteiger partial charge in [-0.1, -0.05) is 6.58 Å². The lowest BCUT2D eigenvalue weighted by molar-refractivity contribution is -0.241. The van der Waals surface area contributed by atoms with E-state index >= 15 is 0 Å². The average molecular weight is 325 g/mol. The van der Waals surface area contributed by atoms with Crippen LogP contribution in [0.15, 0.2) is 12.7 Å². The summed E-state index contributed by atoms with van der Waals surface area (Å²) in [6, 6.07) is 0. The van der Waals surface area contributed by atoms with Crippen LogP contribution < -0.4 is 4.72 Å². The van der Waals surface area contributed by atoms with Gasteiger partial charge in [-0.3, -0.25) is 0 Å². The molecule has 0 aromatic carbocycles. The number of rotatable bonds is 6. The molecule has 20 heavy (non-hydrogen) atoms. The maximum absolute atomic E-state index is 12.8. The van der Waals surface area contributed by atoms with Crippen LogP contribution in [0.5, 0.6) is 0 Å². The molecular weight excluding hydrogens is 313 g/mol. The second-order valence-corrected chi connectivity index (χ2v) is 6.04. The molecule has 0 heterocycles. The highest BCUT2D eigenvalue weighted by Gasteiger charge is 2.68. The summed E-state index contributed by atoms with van der Waals surface area (Å²) in [6.45, 7) is 4.20. The van der Waals surface area contributed by atoms with Gasteiger partial charge >= 0.3 is 17.4 Å². The van der Waals surface area contributed by atoms with Crippen molar-refractivity contribution in [3.63, 3.8) is 0 Å². The van der Waals surface area contributed by atoms with Crippen LogP contribution in [0.25, 0.3) is 0 Å². The summed E-state index contributed by atoms with van der Waals surface area (Å²) in [7, 11) is -6.06. The number of alkyl halides is 5. The van der Waals surface area contributed by atoms with Crippen LogP contribution in [0.2, 0.25) is 0 Å². The summed E-state index contributed by atoms with van der Waals surface area (Å²) in [5.74, 6) is -0.986. The van der Waals surface area contributed by atoms with Crippen molar-refractivity contribution >= 4 is 16.0 Å². The van der Waals surface area contributed by atoms with E-state index in [1.54, 1.807) is 0 Å². The van der Waals surface area contributed by atoms with E-state index in [-0.39, 0.29) is 0 Å². The number of sulfonamides is 1. The molecule has 0 saturated heterocycles. The zero-order valence-corrected chi connectivity index (χ0v) is 11.2. The molecule has 1 N–H and O–H groups in total. The largest absolute Gasteiger partial charge is 0.470 e. The highest BCUT2D eigenvalue weighted by Crippen LogP contribution is 2.39. The summed E-state index contributed by atoms with van der Waals surface area (Å²) in [6.07, 6.45) is -5.55. The number of hydrogen-bond donors (Lipinski definition) is 1. The molecule has 0 aromatic rings. The van der Waals surface area contributed by atoms with E-state index in [4.69, 9.17) is 0 Å². The number of nitrogens with one attached hydrogen (secondary N) is 1. The molecule has 0 saturated carbocycles. The Balaban J connectivity index is 5.10. The predicted molar refractivity (Wildman–Crippen MR) is 58.3 cm³/mol. The van der Waals surface area contributed by atoms with Gasteiger partial charge in [0.2, 0.25) is 0 Å². The van der Waals surface area contributed by atoms with Gasteiger partial charge in [-0.2, -0.15) is 22.0 Å². The topological polar surface area (TPSA) is 72.5 Å². The Kier molecular flexibility index (Phi) is 5.29. The van der Waals surface area contributed by atoms with Crippen molar-refractivity contribution in [1.82, 2.24) is 4.72 Å². The van der Waals surface area contributed by atoms with Crippen LogP contribution in [0.4, 0.5) is 22.0 Å². The summed E-state index contributed by atoms with van der Waals surface area (Å²) in [5.41, 5.74) is -1.87. The van der Waals surface area contributed by atoms with Gasteiger partial charge in [-0.15, -0.1) is 0 Å². The molecule has 5 nitrogen and oxygen atoms in total. The summed E-state index contributed by atoms with van der Waals surface area (Å²) in [5, 5.41) is -5.97. The number of carbonyl (C=O) groups is 1. The first-order chi connectivity index (χ1) is 8.66. The van der Waals surface area contributed by atoms with E-state index < -0.39 is 39.6 Å². The third-order valence-corrected chi connectivity index (χ3v) is 3.55. The molecule has 0 aromatic heterocycles. The molecule has 0 unspecified atom stereocenters. The molecule has 0 aliphatic carbocycles. The van der Waals surface area contributed by atoms with Crippen molar-refractivity contribution in [2.75, 3.05) is 6.61 Å². The minimum atomic E-state index is -6.27. The van der Waals surface area contributed by atoms with Gasteiger partial charge in [-0.05, 0) is 13.8 Å². The van der Waals surface area contributed by atoms with Crippen LogP contribution in [0.1, 0.15) is 13.8 Å². The molecule has 0 aliphatic rings. The molecule has 0 amide bonds. The maximum atomic E-state index is 12.8. The smallest absolute Gasteiger partial charge is 0.461 e. The molecule has 0 rings (SSSR count). The van der Waals surface area contributed by atoms with Crippen LogP contribution in [-0.4, -0.2) is 38.0 Å². The third kappa shape index (κ3) is 4.40. The van der Waals surface area contributed by atoms with Crippen LogP contribution in [0, 0.1) is 0 Å². The molecule has 0 aliphatic heterocycles. The van der Waals surface area contributed by atoms with Crippen LogP contribution in [-0.2, 0) is 19.6 Å². The molecule has 0 atom stereocenters. The molecule has 0 radical (unpaired) electrons. The van der Waals surface area contributed by atoms with Crippen molar-refractivity contribution in [1.29, 1.82) is 0 Å². The first-order valence-corrected chi connectivity index (χ1v) is 6.42. The number of ether oxygens (including phenoxy) is 1. The average Bonchev–Trinajstić information content (AvgIpc) is 2.22. The Hall–Kier alpha value is -1.23. The lowest BCUT2D eigenvalue weighted by atomic mass is 10.1. The van der Waals surface area contributed by atoms with Crippen molar-refractivity contribution in [3.05, 3.63) is 12.7 Å². The molecule has 118 valence electrons. The van der Waals surface area contributed by atoms with Crippen molar-refractivity contribution in [3.8, 4) is 0 Å². The Morgan fingerprint density at radius 3 is 2.05 bits per heavy atom. The van der Waals surface area contributed by atoms with Crippen molar-refractivity contribution in [2.45, 2.75) is 30.8 Å². The fraction of sp³-hybridized carbons (Fsp3) is 0.667. The highest BCUT2D eigenvalue weighted by atomic mass is 32.2. The number of esters is 1. The maximum Gasteiger partial charge on any atom is 0.470 e. The summed E-state index contributed by atoms with van der Waals surface area (Å²) in [4.78, 5) is 10.7. The van der Waals surface area contributed by atoms with Crippen molar-refractivity contribution in [2.24, 2.45) is 0 Å². The molecule has 11 heteroatoms. The Morgan fingerprint density at radius 2 is 1.70 bits per heavy atom. The van der Waals surface area contributed by atoms with Crippen LogP contribution >= 0.6 is 0 Å². The van der Waals surface area contributed by atoms with Gasteiger partial charge in [-0.25, -0.2) is 17.9 Å². The minimum absolute atomic E-state index is 0.717. The molecule has 0 spiro atoms. The second kappa shape index (κ2) is 5.64. The second-order valence-electron chi connectivity index (χ2n) is 4.32. The van der Waals surface area contributed by atoms with Gasteiger partial charge < -0.3 is 4.74 Å². The van der Waals surface area contributed by atoms with Gasteiger partial charge in [0.1, 0.15) is 6.61 Å². The van der Waals surface area contributed by atoms with E-state index in [2.05, 4.69) is 11.3 Å². The third-order valence-electron chi connectivity index (χ3n) is 1.82. The summed E-state index contributed by atoms with van der Waals surface area (Å²) < 4.78 is 89.3. The first-order valence-electron chi connectivity index (χ1n) is 4.93. The SMILES string of the molecule is C=CC(=O)OCC(C)(C)NS(=O)(=O)C(F)(F)C(F)(F)F. The summed E-state index contributed by atoms with van der Waals surface area (Å²) >= 11 is 0. The lowest BCUT2D eigenvalue weighted by Gasteiger charge is -2.28. The number of carbonyl (C=O) groups excluding carboxylic acids is 1. The normalized spacial score (nSPS) is 13.9. The minimum Gasteiger partial charge on any atom is -0.461 e. The van der Waals surface area contributed by atoms with Gasteiger partial charge in [0, 0.05) is 6.08 Å².